The van der Waals surface area contributed by atoms with Crippen molar-refractivity contribution < 1.29 is 9.63 Å². The number of carbonyl (C=O) groups excluding carboxylic acids is 1. The Morgan fingerprint density at radius 3 is 2.77 bits per heavy atom. The maximum absolute atomic E-state index is 10.8. The van der Waals surface area contributed by atoms with Crippen LogP contribution < -0.4 is 5.32 Å². The highest BCUT2D eigenvalue weighted by Gasteiger charge is 2.07. The molecule has 0 aromatic rings. The predicted octanol–water partition coefficient (Wildman–Crippen LogP) is 2.18. The van der Waals surface area contributed by atoms with Crippen LogP contribution in [0.15, 0.2) is 17.9 Å². The van der Waals surface area contributed by atoms with Gasteiger partial charge >= 0.3 is 6.09 Å². The molecule has 0 aromatic carbocycles. The molecule has 0 aliphatic heterocycles. The van der Waals surface area contributed by atoms with E-state index in [0.717, 1.165) is 31.4 Å². The van der Waals surface area contributed by atoms with E-state index in [0.29, 0.717) is 0 Å². The summed E-state index contributed by atoms with van der Waals surface area (Å²) in [5, 5.41) is 6.04. The molecule has 72 valence electrons. The van der Waals surface area contributed by atoms with Crippen LogP contribution >= 0.6 is 0 Å². The van der Waals surface area contributed by atoms with Crippen molar-refractivity contribution in [2.24, 2.45) is 5.16 Å². The largest absolute Gasteiger partial charge is 0.437 e. The lowest BCUT2D eigenvalue weighted by atomic mass is 9.99. The Morgan fingerprint density at radius 1 is 1.46 bits per heavy atom. The summed E-state index contributed by atoms with van der Waals surface area (Å²) in [6.07, 6.45) is 6.12. The molecule has 13 heavy (non-hydrogen) atoms. The molecular weight excluding hydrogens is 168 g/mol. The summed E-state index contributed by atoms with van der Waals surface area (Å²) in [4.78, 5) is 15.4. The van der Waals surface area contributed by atoms with Crippen molar-refractivity contribution in [2.75, 3.05) is 0 Å². The molecule has 0 spiro atoms. The van der Waals surface area contributed by atoms with Crippen LogP contribution in [0.25, 0.3) is 0 Å². The molecule has 1 N–H and O–H groups in total. The molecule has 1 aliphatic rings. The minimum atomic E-state index is -0.576. The predicted molar refractivity (Wildman–Crippen MR) is 50.3 cm³/mol. The molecule has 1 fully saturated rings. The highest BCUT2D eigenvalue weighted by atomic mass is 16.7. The van der Waals surface area contributed by atoms with Crippen LogP contribution in [0, 0.1) is 0 Å². The lowest BCUT2D eigenvalue weighted by Crippen LogP contribution is -2.17. The SMILES string of the molecule is C=CNC(=O)ON=C1CCCCC1. The van der Waals surface area contributed by atoms with Crippen LogP contribution in [0.5, 0.6) is 0 Å². The quantitative estimate of drug-likeness (QED) is 0.525. The second-order valence-corrected chi connectivity index (χ2v) is 2.95. The average molecular weight is 182 g/mol. The highest BCUT2D eigenvalue weighted by molar-refractivity contribution is 5.85. The normalized spacial score (nSPS) is 16.2. The Kier molecular flexibility index (Phi) is 4.02. The van der Waals surface area contributed by atoms with Crippen molar-refractivity contribution in [3.05, 3.63) is 12.8 Å². The second kappa shape index (κ2) is 5.35. The fraction of sp³-hybridized carbons (Fsp3) is 0.556. The molecule has 1 rings (SSSR count). The molecule has 0 atom stereocenters. The zero-order chi connectivity index (χ0) is 9.52. The van der Waals surface area contributed by atoms with E-state index >= 15 is 0 Å². The van der Waals surface area contributed by atoms with Crippen molar-refractivity contribution in [3.8, 4) is 0 Å². The number of rotatable bonds is 2. The monoisotopic (exact) mass is 182 g/mol. The van der Waals surface area contributed by atoms with Gasteiger partial charge in [-0.2, -0.15) is 0 Å². The molecule has 1 aliphatic carbocycles. The lowest BCUT2D eigenvalue weighted by Gasteiger charge is -2.10. The first-order chi connectivity index (χ1) is 6.33. The summed E-state index contributed by atoms with van der Waals surface area (Å²) in [5.74, 6) is 0. The third-order valence-corrected chi connectivity index (χ3v) is 1.91. The van der Waals surface area contributed by atoms with Gasteiger partial charge in [0.05, 0.1) is 5.71 Å². The number of nitrogens with one attached hydrogen (secondary N) is 1. The zero-order valence-corrected chi connectivity index (χ0v) is 7.58. The van der Waals surface area contributed by atoms with Gasteiger partial charge in [-0.25, -0.2) is 4.79 Å². The molecule has 4 nitrogen and oxygen atoms in total. The Balaban J connectivity index is 2.28. The van der Waals surface area contributed by atoms with E-state index in [2.05, 4.69) is 21.9 Å². The molecule has 0 saturated heterocycles. The van der Waals surface area contributed by atoms with Gasteiger partial charge in [0.15, 0.2) is 0 Å². The summed E-state index contributed by atoms with van der Waals surface area (Å²) in [5.41, 5.74) is 0.977. The number of hydrogen-bond acceptors (Lipinski definition) is 3. The van der Waals surface area contributed by atoms with Crippen LogP contribution in [0.4, 0.5) is 4.79 Å². The molecule has 1 saturated carbocycles. The van der Waals surface area contributed by atoms with Crippen molar-refractivity contribution in [2.45, 2.75) is 32.1 Å². The van der Waals surface area contributed by atoms with E-state index in [9.17, 15) is 4.79 Å². The van der Waals surface area contributed by atoms with Crippen molar-refractivity contribution in [1.29, 1.82) is 0 Å². The van der Waals surface area contributed by atoms with E-state index in [1.54, 1.807) is 0 Å². The number of carbonyl (C=O) groups is 1. The second-order valence-electron chi connectivity index (χ2n) is 2.95. The average Bonchev–Trinajstić information content (AvgIpc) is 2.17. The molecule has 0 aromatic heterocycles. The molecule has 0 heterocycles. The van der Waals surface area contributed by atoms with Crippen LogP contribution in [0.3, 0.4) is 0 Å². The summed E-state index contributed by atoms with van der Waals surface area (Å²) in [6, 6.07) is 0. The minimum Gasteiger partial charge on any atom is -0.298 e. The number of nitrogens with zero attached hydrogens (tertiary/aromatic N) is 1. The van der Waals surface area contributed by atoms with E-state index in [1.165, 1.54) is 12.6 Å². The van der Waals surface area contributed by atoms with Crippen LogP contribution in [0.2, 0.25) is 0 Å². The van der Waals surface area contributed by atoms with E-state index < -0.39 is 6.09 Å². The van der Waals surface area contributed by atoms with Gasteiger partial charge in [-0.15, -0.1) is 0 Å². The Bertz CT molecular complexity index is 216. The summed E-state index contributed by atoms with van der Waals surface area (Å²) in [6.45, 7) is 3.34. The Morgan fingerprint density at radius 2 is 2.15 bits per heavy atom. The first-order valence-electron chi connectivity index (χ1n) is 4.47. The summed E-state index contributed by atoms with van der Waals surface area (Å²) in [7, 11) is 0. The Labute approximate surface area is 77.6 Å². The van der Waals surface area contributed by atoms with Gasteiger partial charge in [0, 0.05) is 6.20 Å². The van der Waals surface area contributed by atoms with Crippen LogP contribution in [0.1, 0.15) is 32.1 Å². The molecular formula is C9H14N2O2. The minimum absolute atomic E-state index is 0.576. The van der Waals surface area contributed by atoms with E-state index in [-0.39, 0.29) is 0 Å². The summed E-state index contributed by atoms with van der Waals surface area (Å²) < 4.78 is 0. The zero-order valence-electron chi connectivity index (χ0n) is 7.58. The van der Waals surface area contributed by atoms with Crippen LogP contribution in [-0.4, -0.2) is 11.8 Å². The standard InChI is InChI=1S/C9H14N2O2/c1-2-10-9(12)13-11-8-6-4-3-5-7-8/h2H,1,3-7H2,(H,10,12). The van der Waals surface area contributed by atoms with E-state index in [4.69, 9.17) is 0 Å². The molecule has 0 bridgehead atoms. The number of oxime groups is 1. The first-order valence-corrected chi connectivity index (χ1v) is 4.47. The lowest BCUT2D eigenvalue weighted by molar-refractivity contribution is 0.154. The third kappa shape index (κ3) is 3.73. The highest BCUT2D eigenvalue weighted by Crippen LogP contribution is 2.14. The van der Waals surface area contributed by atoms with Crippen LogP contribution in [-0.2, 0) is 4.84 Å². The van der Waals surface area contributed by atoms with Gasteiger partial charge in [-0.05, 0) is 25.7 Å². The smallest absolute Gasteiger partial charge is 0.298 e. The molecule has 1 amide bonds. The van der Waals surface area contributed by atoms with Gasteiger partial charge in [-0.3, -0.25) is 10.2 Å². The molecule has 0 unspecified atom stereocenters. The van der Waals surface area contributed by atoms with Gasteiger partial charge in [0.1, 0.15) is 0 Å². The maximum atomic E-state index is 10.8. The number of amides is 1. The van der Waals surface area contributed by atoms with Crippen molar-refractivity contribution >= 4 is 11.8 Å². The van der Waals surface area contributed by atoms with Gasteiger partial charge in [0.25, 0.3) is 0 Å². The molecule has 4 heteroatoms. The van der Waals surface area contributed by atoms with Gasteiger partial charge < -0.3 is 0 Å². The van der Waals surface area contributed by atoms with E-state index in [1.807, 2.05) is 0 Å². The summed E-state index contributed by atoms with van der Waals surface area (Å²) >= 11 is 0. The molecule has 0 radical (unpaired) electrons. The maximum Gasteiger partial charge on any atom is 0.437 e. The fourth-order valence-electron chi connectivity index (χ4n) is 1.27. The number of hydrogen-bond donors (Lipinski definition) is 1. The fourth-order valence-corrected chi connectivity index (χ4v) is 1.27. The van der Waals surface area contributed by atoms with Gasteiger partial charge in [0.2, 0.25) is 0 Å². The topological polar surface area (TPSA) is 50.7 Å². The van der Waals surface area contributed by atoms with Gasteiger partial charge in [-0.1, -0.05) is 18.2 Å². The van der Waals surface area contributed by atoms with Crippen molar-refractivity contribution in [1.82, 2.24) is 5.32 Å². The Hall–Kier alpha value is -1.32. The van der Waals surface area contributed by atoms with Crippen molar-refractivity contribution in [3.63, 3.8) is 0 Å². The third-order valence-electron chi connectivity index (χ3n) is 1.91. The first kappa shape index (κ1) is 9.77.